The topological polar surface area (TPSA) is 66.4 Å². The fourth-order valence-corrected chi connectivity index (χ4v) is 4.31. The molecule has 1 saturated heterocycles. The fraction of sp³-hybridized carbons (Fsp3) is 0.793. The van der Waals surface area contributed by atoms with E-state index in [4.69, 9.17) is 23.7 Å². The molecule has 5 atom stereocenters. The Morgan fingerprint density at radius 1 is 0.784 bits per heavy atom. The smallest absolute Gasteiger partial charge is 0.301 e. The molecule has 1 aliphatic heterocycles. The maximum Gasteiger partial charge on any atom is 0.301 e. The van der Waals surface area contributed by atoms with Gasteiger partial charge >= 0.3 is 5.92 Å². The number of unbranched alkanes of at least 4 members (excludes halogenated alkanes) is 4. The number of aliphatic hydroxyl groups is 1. The molecule has 0 saturated carbocycles. The molecule has 1 aromatic carbocycles. The second-order valence-corrected chi connectivity index (χ2v) is 9.80. The maximum atomic E-state index is 16.1. The van der Waals surface area contributed by atoms with Crippen LogP contribution in [0.15, 0.2) is 30.3 Å². The third-order valence-electron chi connectivity index (χ3n) is 6.57. The second-order valence-electron chi connectivity index (χ2n) is 9.80. The average molecular weight is 531 g/mol. The summed E-state index contributed by atoms with van der Waals surface area (Å²) in [4.78, 5) is 0. The van der Waals surface area contributed by atoms with E-state index in [1.807, 2.05) is 27.7 Å². The summed E-state index contributed by atoms with van der Waals surface area (Å²) in [5.74, 6) is -5.60. The Morgan fingerprint density at radius 2 is 1.30 bits per heavy atom. The molecule has 37 heavy (non-hydrogen) atoms. The van der Waals surface area contributed by atoms with Crippen molar-refractivity contribution >= 4 is 0 Å². The van der Waals surface area contributed by atoms with Crippen molar-refractivity contribution in [2.24, 2.45) is 0 Å². The van der Waals surface area contributed by atoms with Gasteiger partial charge in [0, 0.05) is 32.0 Å². The second kappa shape index (κ2) is 16.7. The molecule has 0 bridgehead atoms. The van der Waals surface area contributed by atoms with Crippen molar-refractivity contribution in [3.63, 3.8) is 0 Å². The van der Waals surface area contributed by atoms with Crippen molar-refractivity contribution < 1.29 is 37.6 Å². The van der Waals surface area contributed by atoms with Crippen LogP contribution in [0.1, 0.15) is 84.6 Å². The molecular weight excluding hydrogens is 482 g/mol. The molecule has 0 aliphatic carbocycles. The molecule has 1 aliphatic rings. The van der Waals surface area contributed by atoms with Crippen molar-refractivity contribution in [3.05, 3.63) is 35.9 Å². The van der Waals surface area contributed by atoms with Crippen LogP contribution >= 0.6 is 0 Å². The van der Waals surface area contributed by atoms with Crippen molar-refractivity contribution in [2.45, 2.75) is 115 Å². The predicted octanol–water partition coefficient (Wildman–Crippen LogP) is 6.24. The zero-order valence-electron chi connectivity index (χ0n) is 23.1. The standard InChI is InChI=1S/C29H48F2O6/c1-5-9-18-33-22-28(32)26(36-21-12-8-4)24(34-19-10-6-2)25(35-20-11-7-3)27(37-28)29(30,31)23-16-14-13-15-17-23/h13-17,24-27,32H,5-12,18-22H2,1-4H3/t24-,25-,26+,27-,28-/m1/s1. The van der Waals surface area contributed by atoms with Crippen molar-refractivity contribution in [3.8, 4) is 0 Å². The summed E-state index contributed by atoms with van der Waals surface area (Å²) < 4.78 is 62.4. The molecule has 0 spiro atoms. The Bertz CT molecular complexity index is 722. The lowest BCUT2D eigenvalue weighted by atomic mass is 9.87. The molecule has 0 unspecified atom stereocenters. The zero-order valence-corrected chi connectivity index (χ0v) is 23.1. The van der Waals surface area contributed by atoms with Gasteiger partial charge in [-0.3, -0.25) is 0 Å². The Hall–Kier alpha value is -1.16. The number of ether oxygens (including phenoxy) is 5. The van der Waals surface area contributed by atoms with E-state index in [0.29, 0.717) is 26.2 Å². The highest BCUT2D eigenvalue weighted by atomic mass is 19.3. The van der Waals surface area contributed by atoms with Crippen LogP contribution in [0.5, 0.6) is 0 Å². The van der Waals surface area contributed by atoms with Gasteiger partial charge in [-0.05, 0) is 25.7 Å². The minimum Gasteiger partial charge on any atom is -0.376 e. The molecule has 1 fully saturated rings. The Kier molecular flexibility index (Phi) is 14.5. The summed E-state index contributed by atoms with van der Waals surface area (Å²) in [6.07, 6.45) is 1.51. The molecule has 0 aromatic heterocycles. The molecule has 1 heterocycles. The first-order valence-corrected chi connectivity index (χ1v) is 14.1. The monoisotopic (exact) mass is 530 g/mol. The van der Waals surface area contributed by atoms with Crippen LogP contribution in [-0.2, 0) is 29.6 Å². The van der Waals surface area contributed by atoms with Crippen LogP contribution in [0.4, 0.5) is 8.78 Å². The van der Waals surface area contributed by atoms with Crippen LogP contribution in [0, 0.1) is 0 Å². The lowest BCUT2D eigenvalue weighted by molar-refractivity contribution is -0.398. The van der Waals surface area contributed by atoms with Gasteiger partial charge in [0.25, 0.3) is 0 Å². The number of halogens is 2. The number of benzene rings is 1. The summed E-state index contributed by atoms with van der Waals surface area (Å²) in [5.41, 5.74) is -0.212. The van der Waals surface area contributed by atoms with E-state index in [1.165, 1.54) is 12.1 Å². The summed E-state index contributed by atoms with van der Waals surface area (Å²) in [7, 11) is 0. The van der Waals surface area contributed by atoms with Gasteiger partial charge in [0.1, 0.15) is 24.9 Å². The quantitative estimate of drug-likeness (QED) is 0.214. The van der Waals surface area contributed by atoms with Crippen molar-refractivity contribution in [1.29, 1.82) is 0 Å². The van der Waals surface area contributed by atoms with E-state index >= 15 is 8.78 Å². The molecule has 6 nitrogen and oxygen atoms in total. The van der Waals surface area contributed by atoms with Crippen molar-refractivity contribution in [2.75, 3.05) is 33.0 Å². The highest BCUT2D eigenvalue weighted by Crippen LogP contribution is 2.44. The number of alkyl halides is 2. The molecule has 0 amide bonds. The highest BCUT2D eigenvalue weighted by molar-refractivity contribution is 5.23. The van der Waals surface area contributed by atoms with Gasteiger partial charge in [-0.1, -0.05) is 83.7 Å². The fourth-order valence-electron chi connectivity index (χ4n) is 4.31. The van der Waals surface area contributed by atoms with Crippen molar-refractivity contribution in [1.82, 2.24) is 0 Å². The molecule has 1 aromatic rings. The number of hydrogen-bond donors (Lipinski definition) is 1. The van der Waals surface area contributed by atoms with Crippen LogP contribution in [-0.4, -0.2) is 68.3 Å². The van der Waals surface area contributed by atoms with Crippen LogP contribution < -0.4 is 0 Å². The van der Waals surface area contributed by atoms with E-state index in [2.05, 4.69) is 0 Å². The van der Waals surface area contributed by atoms with E-state index in [-0.39, 0.29) is 18.8 Å². The van der Waals surface area contributed by atoms with E-state index in [1.54, 1.807) is 18.2 Å². The summed E-state index contributed by atoms with van der Waals surface area (Å²) in [6.45, 7) is 9.10. The molecule has 8 heteroatoms. The van der Waals surface area contributed by atoms with Gasteiger partial charge in [-0.15, -0.1) is 0 Å². The Morgan fingerprint density at radius 3 is 1.86 bits per heavy atom. The SMILES string of the molecule is CCCCOC[C@@]1(O)O[C@@H](C(F)(F)c2ccccc2)[C@H](OCCCC)[C@@H](OCCCC)[C@@H]1OCCCC. The minimum atomic E-state index is -3.46. The largest absolute Gasteiger partial charge is 0.376 e. The van der Waals surface area contributed by atoms with Gasteiger partial charge < -0.3 is 28.8 Å². The van der Waals surface area contributed by atoms with Crippen LogP contribution in [0.2, 0.25) is 0 Å². The minimum absolute atomic E-state index is 0.212. The lowest BCUT2D eigenvalue weighted by Crippen LogP contribution is -2.70. The van der Waals surface area contributed by atoms with Gasteiger partial charge in [-0.25, -0.2) is 0 Å². The van der Waals surface area contributed by atoms with E-state index in [9.17, 15) is 5.11 Å². The molecule has 1 N–H and O–H groups in total. The third kappa shape index (κ3) is 9.22. The molecule has 214 valence electrons. The molecule has 2 rings (SSSR count). The summed E-state index contributed by atoms with van der Waals surface area (Å²) in [5, 5.41) is 11.8. The maximum absolute atomic E-state index is 16.1. The first-order valence-electron chi connectivity index (χ1n) is 14.1. The van der Waals surface area contributed by atoms with E-state index < -0.39 is 36.1 Å². The number of hydrogen-bond acceptors (Lipinski definition) is 6. The van der Waals surface area contributed by atoms with E-state index in [0.717, 1.165) is 44.9 Å². The van der Waals surface area contributed by atoms with Gasteiger partial charge in [0.15, 0.2) is 6.10 Å². The first-order chi connectivity index (χ1) is 17.9. The summed E-state index contributed by atoms with van der Waals surface area (Å²) >= 11 is 0. The zero-order chi connectivity index (χ0) is 27.2. The Labute approximate surface area is 222 Å². The normalized spacial score (nSPS) is 26.5. The van der Waals surface area contributed by atoms with Crippen LogP contribution in [0.3, 0.4) is 0 Å². The van der Waals surface area contributed by atoms with Gasteiger partial charge in [0.2, 0.25) is 5.79 Å². The Balaban J connectivity index is 2.51. The third-order valence-corrected chi connectivity index (χ3v) is 6.57. The summed E-state index contributed by atoms with van der Waals surface area (Å²) in [6, 6.07) is 7.53. The average Bonchev–Trinajstić information content (AvgIpc) is 2.90. The molecular formula is C29H48F2O6. The highest BCUT2D eigenvalue weighted by Gasteiger charge is 2.63. The van der Waals surface area contributed by atoms with Gasteiger partial charge in [0.05, 0.1) is 0 Å². The lowest BCUT2D eigenvalue weighted by Gasteiger charge is -2.51. The van der Waals surface area contributed by atoms with Gasteiger partial charge in [-0.2, -0.15) is 8.78 Å². The van der Waals surface area contributed by atoms with Crippen LogP contribution in [0.25, 0.3) is 0 Å². The predicted molar refractivity (Wildman–Crippen MR) is 140 cm³/mol. The molecule has 0 radical (unpaired) electrons. The number of rotatable bonds is 19. The first kappa shape index (κ1) is 32.1.